The maximum atomic E-state index is 2.57. The van der Waals surface area contributed by atoms with Crippen molar-refractivity contribution >= 4 is 16.9 Å². The summed E-state index contributed by atoms with van der Waals surface area (Å²) in [6.07, 6.45) is 8.35. The van der Waals surface area contributed by atoms with Gasteiger partial charge in [-0.15, -0.1) is 0 Å². The quantitative estimate of drug-likeness (QED) is 0.217. The molecule has 196 valence electrons. The minimum atomic E-state index is -0.0117. The summed E-state index contributed by atoms with van der Waals surface area (Å²) in [6, 6.07) is 41.2. The molecule has 5 aromatic carbocycles. The number of hydrogen-bond donors (Lipinski definition) is 0. The number of benzene rings is 5. The Kier molecular flexibility index (Phi) is 4.63. The number of para-hydroxylation sites is 1. The zero-order chi connectivity index (χ0) is 27.3. The third-order valence-corrected chi connectivity index (χ3v) is 10.0. The summed E-state index contributed by atoms with van der Waals surface area (Å²) in [4.78, 5) is 2.57. The molecule has 0 N–H and O–H groups in total. The number of hydrogen-bond acceptors (Lipinski definition) is 1. The van der Waals surface area contributed by atoms with Gasteiger partial charge >= 0.3 is 0 Å². The number of allylic oxidation sites excluding steroid dienone is 2. The van der Waals surface area contributed by atoms with Crippen LogP contribution in [0.25, 0.3) is 27.8 Å². The third kappa shape index (κ3) is 3.18. The van der Waals surface area contributed by atoms with E-state index < -0.39 is 0 Å². The molecule has 3 aliphatic carbocycles. The Morgan fingerprint density at radius 1 is 0.659 bits per heavy atom. The SMILES string of the molecule is CC1(C)c2ccccc2-c2ccc(N3c4ccccc4C4C=C(c5ccc6c(c5)-c5ccccc5C6)C=CC43)cc21. The molecule has 0 fully saturated rings. The van der Waals surface area contributed by atoms with E-state index in [1.807, 2.05) is 0 Å². The normalized spacial score (nSPS) is 20.0. The average molecular weight is 526 g/mol. The molecule has 1 aliphatic heterocycles. The summed E-state index contributed by atoms with van der Waals surface area (Å²) < 4.78 is 0. The molecule has 4 aliphatic rings. The minimum Gasteiger partial charge on any atom is -0.333 e. The van der Waals surface area contributed by atoms with Crippen LogP contribution in [0.3, 0.4) is 0 Å². The highest BCUT2D eigenvalue weighted by atomic mass is 15.2. The van der Waals surface area contributed by atoms with Crippen molar-refractivity contribution < 1.29 is 0 Å². The highest BCUT2D eigenvalue weighted by Crippen LogP contribution is 2.53. The Hall–Kier alpha value is -4.62. The van der Waals surface area contributed by atoms with E-state index in [4.69, 9.17) is 0 Å². The molecule has 0 spiro atoms. The first-order valence-corrected chi connectivity index (χ1v) is 14.8. The van der Waals surface area contributed by atoms with Crippen LogP contribution in [0.15, 0.2) is 127 Å². The van der Waals surface area contributed by atoms with Gasteiger partial charge in [-0.25, -0.2) is 0 Å². The van der Waals surface area contributed by atoms with Crippen LogP contribution in [0.4, 0.5) is 11.4 Å². The zero-order valence-electron chi connectivity index (χ0n) is 23.4. The summed E-state index contributed by atoms with van der Waals surface area (Å²) in [5, 5.41) is 0. The van der Waals surface area contributed by atoms with E-state index in [2.05, 4.69) is 146 Å². The van der Waals surface area contributed by atoms with Crippen molar-refractivity contribution in [3.63, 3.8) is 0 Å². The van der Waals surface area contributed by atoms with Gasteiger partial charge in [-0.1, -0.05) is 117 Å². The van der Waals surface area contributed by atoms with Crippen LogP contribution in [0.1, 0.15) is 53.1 Å². The smallest absolute Gasteiger partial charge is 0.0630 e. The Balaban J connectivity index is 1.12. The highest BCUT2D eigenvalue weighted by molar-refractivity contribution is 5.88. The first kappa shape index (κ1) is 23.1. The molecule has 9 rings (SSSR count). The second-order valence-electron chi connectivity index (χ2n) is 12.5. The van der Waals surface area contributed by atoms with Crippen LogP contribution in [-0.4, -0.2) is 6.04 Å². The van der Waals surface area contributed by atoms with E-state index in [-0.39, 0.29) is 11.5 Å². The largest absolute Gasteiger partial charge is 0.333 e. The van der Waals surface area contributed by atoms with Gasteiger partial charge in [0.15, 0.2) is 0 Å². The second-order valence-corrected chi connectivity index (χ2v) is 12.5. The van der Waals surface area contributed by atoms with Crippen molar-refractivity contribution in [2.24, 2.45) is 0 Å². The number of nitrogens with zero attached hydrogens (tertiary/aromatic N) is 1. The minimum absolute atomic E-state index is 0.0117. The number of fused-ring (bicyclic) bond motifs is 9. The van der Waals surface area contributed by atoms with Gasteiger partial charge in [0.25, 0.3) is 0 Å². The molecule has 0 bridgehead atoms. The monoisotopic (exact) mass is 525 g/mol. The van der Waals surface area contributed by atoms with Gasteiger partial charge in [0.05, 0.1) is 6.04 Å². The van der Waals surface area contributed by atoms with Crippen LogP contribution >= 0.6 is 0 Å². The van der Waals surface area contributed by atoms with Crippen molar-refractivity contribution in [2.75, 3.05) is 4.90 Å². The molecule has 41 heavy (non-hydrogen) atoms. The van der Waals surface area contributed by atoms with E-state index in [0.29, 0.717) is 5.92 Å². The van der Waals surface area contributed by atoms with Gasteiger partial charge in [0.2, 0.25) is 0 Å². The molecular weight excluding hydrogens is 494 g/mol. The first-order valence-electron chi connectivity index (χ1n) is 14.8. The molecule has 0 saturated carbocycles. The maximum absolute atomic E-state index is 2.57. The zero-order valence-corrected chi connectivity index (χ0v) is 23.4. The Labute approximate surface area is 242 Å². The fourth-order valence-corrected chi connectivity index (χ4v) is 7.99. The molecule has 1 heterocycles. The molecular formula is C40H31N. The van der Waals surface area contributed by atoms with Gasteiger partial charge in [-0.2, -0.15) is 0 Å². The second kappa shape index (κ2) is 8.21. The molecule has 2 atom stereocenters. The van der Waals surface area contributed by atoms with Gasteiger partial charge in [0.1, 0.15) is 0 Å². The van der Waals surface area contributed by atoms with Crippen LogP contribution < -0.4 is 4.90 Å². The Bertz CT molecular complexity index is 1970. The van der Waals surface area contributed by atoms with Crippen LogP contribution in [0.2, 0.25) is 0 Å². The summed E-state index contributed by atoms with van der Waals surface area (Å²) >= 11 is 0. The molecule has 0 amide bonds. The van der Waals surface area contributed by atoms with Crippen molar-refractivity contribution in [1.29, 1.82) is 0 Å². The predicted molar refractivity (Wildman–Crippen MR) is 171 cm³/mol. The van der Waals surface area contributed by atoms with E-state index in [9.17, 15) is 0 Å². The number of anilines is 2. The molecule has 1 heteroatoms. The van der Waals surface area contributed by atoms with E-state index in [1.54, 1.807) is 0 Å². The lowest BCUT2D eigenvalue weighted by Gasteiger charge is -2.31. The van der Waals surface area contributed by atoms with Crippen LogP contribution in [-0.2, 0) is 11.8 Å². The predicted octanol–water partition coefficient (Wildman–Crippen LogP) is 9.82. The standard InChI is InChI=1S/C40H31N/c1-40(2)36-13-7-5-11-31(36)32-19-18-29(24-37(32)40)41-38-14-8-6-12-33(38)35-23-26(17-20-39(35)41)25-15-16-28-21-27-9-3-4-10-30(27)34(28)22-25/h3-20,22-24,35,39H,21H2,1-2H3. The topological polar surface area (TPSA) is 3.24 Å². The fourth-order valence-electron chi connectivity index (χ4n) is 7.99. The molecule has 5 aromatic rings. The maximum Gasteiger partial charge on any atom is 0.0630 e. The Morgan fingerprint density at radius 3 is 2.34 bits per heavy atom. The van der Waals surface area contributed by atoms with Crippen molar-refractivity contribution in [1.82, 2.24) is 0 Å². The molecule has 0 saturated heterocycles. The lowest BCUT2D eigenvalue weighted by molar-refractivity contribution is 0.659. The van der Waals surface area contributed by atoms with Crippen molar-refractivity contribution in [3.8, 4) is 22.3 Å². The summed E-state index contributed by atoms with van der Waals surface area (Å²) in [5.74, 6) is 0.310. The molecule has 0 radical (unpaired) electrons. The Morgan fingerprint density at radius 2 is 1.41 bits per heavy atom. The van der Waals surface area contributed by atoms with Crippen LogP contribution in [0, 0.1) is 0 Å². The summed E-state index contributed by atoms with van der Waals surface area (Å²) in [5.41, 5.74) is 17.9. The highest BCUT2D eigenvalue weighted by Gasteiger charge is 2.40. The van der Waals surface area contributed by atoms with Crippen LogP contribution in [0.5, 0.6) is 0 Å². The van der Waals surface area contributed by atoms with Gasteiger partial charge in [0, 0.05) is 22.7 Å². The third-order valence-electron chi connectivity index (χ3n) is 10.0. The summed E-state index contributed by atoms with van der Waals surface area (Å²) in [7, 11) is 0. The van der Waals surface area contributed by atoms with E-state index >= 15 is 0 Å². The van der Waals surface area contributed by atoms with Gasteiger partial charge in [-0.05, 0) is 91.9 Å². The van der Waals surface area contributed by atoms with Gasteiger partial charge in [-0.3, -0.25) is 0 Å². The molecule has 2 unspecified atom stereocenters. The molecule has 0 aromatic heterocycles. The van der Waals surface area contributed by atoms with Crippen molar-refractivity contribution in [3.05, 3.63) is 161 Å². The number of rotatable bonds is 2. The van der Waals surface area contributed by atoms with Gasteiger partial charge < -0.3 is 4.90 Å². The van der Waals surface area contributed by atoms with Crippen molar-refractivity contribution in [2.45, 2.75) is 37.6 Å². The lowest BCUT2D eigenvalue weighted by Crippen LogP contribution is -2.29. The average Bonchev–Trinajstić information content (AvgIpc) is 3.62. The summed E-state index contributed by atoms with van der Waals surface area (Å²) in [6.45, 7) is 4.74. The van der Waals surface area contributed by atoms with E-state index in [0.717, 1.165) is 6.42 Å². The van der Waals surface area contributed by atoms with E-state index in [1.165, 1.54) is 72.6 Å². The lowest BCUT2D eigenvalue weighted by atomic mass is 9.82. The fraction of sp³-hybridized carbons (Fsp3) is 0.150. The first-order chi connectivity index (χ1) is 20.1. The molecule has 1 nitrogen and oxygen atoms in total.